The van der Waals surface area contributed by atoms with Gasteiger partial charge < -0.3 is 10.6 Å². The minimum Gasteiger partial charge on any atom is -0.399 e. The lowest BCUT2D eigenvalue weighted by Crippen LogP contribution is -2.27. The number of halogens is 2. The van der Waals surface area contributed by atoms with E-state index in [0.717, 1.165) is 11.1 Å². The van der Waals surface area contributed by atoms with E-state index < -0.39 is 0 Å². The van der Waals surface area contributed by atoms with Crippen LogP contribution < -0.4 is 5.73 Å². The maximum Gasteiger partial charge on any atom is 0.227 e. The summed E-state index contributed by atoms with van der Waals surface area (Å²) in [5.74, 6) is 0.0774. The molecule has 0 aliphatic rings. The van der Waals surface area contributed by atoms with Crippen LogP contribution in [0.25, 0.3) is 0 Å². The van der Waals surface area contributed by atoms with Crippen molar-refractivity contribution in [2.45, 2.75) is 13.0 Å². The first-order chi connectivity index (χ1) is 9.04. The van der Waals surface area contributed by atoms with Gasteiger partial charge in [0.1, 0.15) is 0 Å². The molecule has 7 heteroatoms. The topological polar surface area (TPSA) is 64.2 Å². The van der Waals surface area contributed by atoms with Crippen LogP contribution in [-0.2, 0) is 24.8 Å². The van der Waals surface area contributed by atoms with Crippen LogP contribution >= 0.6 is 24.8 Å². The van der Waals surface area contributed by atoms with Crippen LogP contribution in [-0.4, -0.2) is 27.6 Å². The molecule has 2 N–H and O–H groups in total. The van der Waals surface area contributed by atoms with E-state index in [9.17, 15) is 4.79 Å². The number of aryl methyl sites for hydroxylation is 1. The Morgan fingerprint density at radius 1 is 1.24 bits per heavy atom. The fourth-order valence-corrected chi connectivity index (χ4v) is 1.86. The Labute approximate surface area is 136 Å². The molecule has 0 saturated carbocycles. The molecule has 0 spiro atoms. The zero-order chi connectivity index (χ0) is 13.8. The van der Waals surface area contributed by atoms with Crippen LogP contribution in [0.4, 0.5) is 5.69 Å². The molecule has 1 heterocycles. The van der Waals surface area contributed by atoms with Gasteiger partial charge in [-0.05, 0) is 17.7 Å². The van der Waals surface area contributed by atoms with E-state index in [-0.39, 0.29) is 30.7 Å². The van der Waals surface area contributed by atoms with Crippen molar-refractivity contribution in [1.29, 1.82) is 0 Å². The quantitative estimate of drug-likeness (QED) is 0.872. The summed E-state index contributed by atoms with van der Waals surface area (Å²) >= 11 is 0. The third-order valence-electron chi connectivity index (χ3n) is 2.94. The number of nitrogen functional groups attached to an aromatic ring is 1. The SMILES string of the molecule is CN(Cc1cnn(C)c1)C(=O)Cc1ccc(N)cc1.Cl.Cl. The predicted molar refractivity (Wildman–Crippen MR) is 88.7 cm³/mol. The van der Waals surface area contributed by atoms with Crippen molar-refractivity contribution < 1.29 is 4.79 Å². The Morgan fingerprint density at radius 3 is 2.38 bits per heavy atom. The first kappa shape index (κ1) is 19.3. The average molecular weight is 331 g/mol. The number of anilines is 1. The molecule has 116 valence electrons. The van der Waals surface area contributed by atoms with Gasteiger partial charge in [0.2, 0.25) is 5.91 Å². The van der Waals surface area contributed by atoms with E-state index in [4.69, 9.17) is 5.73 Å². The molecular weight excluding hydrogens is 311 g/mol. The Morgan fingerprint density at radius 2 is 1.86 bits per heavy atom. The maximum atomic E-state index is 12.1. The van der Waals surface area contributed by atoms with Gasteiger partial charge in [-0.3, -0.25) is 9.48 Å². The standard InChI is InChI=1S/C14H18N4O.2ClH/c1-17(9-12-8-16-18(2)10-12)14(19)7-11-3-5-13(15)6-4-11;;/h3-6,8,10H,7,9,15H2,1-2H3;2*1H. The molecule has 0 fully saturated rings. The van der Waals surface area contributed by atoms with Gasteiger partial charge >= 0.3 is 0 Å². The molecule has 5 nitrogen and oxygen atoms in total. The molecule has 0 bridgehead atoms. The molecule has 2 aromatic rings. The molecule has 0 atom stereocenters. The second kappa shape index (κ2) is 8.54. The molecule has 1 aromatic heterocycles. The summed E-state index contributed by atoms with van der Waals surface area (Å²) < 4.78 is 1.73. The van der Waals surface area contributed by atoms with Crippen LogP contribution in [0.2, 0.25) is 0 Å². The van der Waals surface area contributed by atoms with Crippen molar-refractivity contribution in [2.75, 3.05) is 12.8 Å². The van der Waals surface area contributed by atoms with Gasteiger partial charge in [-0.25, -0.2) is 0 Å². The molecule has 0 aliphatic heterocycles. The van der Waals surface area contributed by atoms with Gasteiger partial charge in [-0.2, -0.15) is 5.10 Å². The lowest BCUT2D eigenvalue weighted by Gasteiger charge is -2.16. The zero-order valence-electron chi connectivity index (χ0n) is 12.0. The molecule has 0 radical (unpaired) electrons. The van der Waals surface area contributed by atoms with Gasteiger partial charge in [0.25, 0.3) is 0 Å². The van der Waals surface area contributed by atoms with E-state index >= 15 is 0 Å². The van der Waals surface area contributed by atoms with Crippen molar-refractivity contribution in [3.63, 3.8) is 0 Å². The van der Waals surface area contributed by atoms with E-state index in [1.165, 1.54) is 0 Å². The van der Waals surface area contributed by atoms with Gasteiger partial charge in [0, 0.05) is 38.1 Å². The van der Waals surface area contributed by atoms with Gasteiger partial charge in [0.05, 0.1) is 12.6 Å². The summed E-state index contributed by atoms with van der Waals surface area (Å²) in [5, 5.41) is 4.09. The van der Waals surface area contributed by atoms with Crippen LogP contribution in [0, 0.1) is 0 Å². The molecular formula is C14H20Cl2N4O. The fraction of sp³-hybridized carbons (Fsp3) is 0.286. The van der Waals surface area contributed by atoms with Crippen LogP contribution in [0.3, 0.4) is 0 Å². The maximum absolute atomic E-state index is 12.1. The Hall–Kier alpha value is -1.72. The summed E-state index contributed by atoms with van der Waals surface area (Å²) in [6, 6.07) is 7.38. The fourth-order valence-electron chi connectivity index (χ4n) is 1.86. The van der Waals surface area contributed by atoms with Crippen molar-refractivity contribution in [3.05, 3.63) is 47.8 Å². The highest BCUT2D eigenvalue weighted by molar-refractivity contribution is 5.85. The summed E-state index contributed by atoms with van der Waals surface area (Å²) in [6.45, 7) is 0.571. The number of amides is 1. The number of rotatable bonds is 4. The van der Waals surface area contributed by atoms with Crippen molar-refractivity contribution >= 4 is 36.4 Å². The van der Waals surface area contributed by atoms with E-state index in [0.29, 0.717) is 18.7 Å². The van der Waals surface area contributed by atoms with E-state index in [1.807, 2.05) is 37.5 Å². The molecule has 0 unspecified atom stereocenters. The predicted octanol–water partition coefficient (Wildman–Crippen LogP) is 2.05. The van der Waals surface area contributed by atoms with E-state index in [1.54, 1.807) is 22.8 Å². The first-order valence-corrected chi connectivity index (χ1v) is 6.10. The van der Waals surface area contributed by atoms with E-state index in [2.05, 4.69) is 5.10 Å². The highest BCUT2D eigenvalue weighted by Crippen LogP contribution is 2.08. The van der Waals surface area contributed by atoms with Gasteiger partial charge in [0.15, 0.2) is 0 Å². The second-order valence-corrected chi connectivity index (χ2v) is 4.69. The highest BCUT2D eigenvalue weighted by atomic mass is 35.5. The first-order valence-electron chi connectivity index (χ1n) is 6.10. The smallest absolute Gasteiger partial charge is 0.227 e. The van der Waals surface area contributed by atoms with Gasteiger partial charge in [-0.1, -0.05) is 12.1 Å². The van der Waals surface area contributed by atoms with Crippen LogP contribution in [0.15, 0.2) is 36.7 Å². The van der Waals surface area contributed by atoms with Crippen LogP contribution in [0.1, 0.15) is 11.1 Å². The number of nitrogens with zero attached hydrogens (tertiary/aromatic N) is 3. The number of carbonyl (C=O) groups excluding carboxylic acids is 1. The summed E-state index contributed by atoms with van der Waals surface area (Å²) in [6.07, 6.45) is 4.07. The number of hydrogen-bond donors (Lipinski definition) is 1. The van der Waals surface area contributed by atoms with Crippen molar-refractivity contribution in [3.8, 4) is 0 Å². The second-order valence-electron chi connectivity index (χ2n) is 4.69. The molecule has 0 saturated heterocycles. The molecule has 1 amide bonds. The third kappa shape index (κ3) is 5.65. The highest BCUT2D eigenvalue weighted by Gasteiger charge is 2.10. The number of carbonyl (C=O) groups is 1. The lowest BCUT2D eigenvalue weighted by molar-refractivity contribution is -0.129. The molecule has 2 rings (SSSR count). The number of benzene rings is 1. The zero-order valence-corrected chi connectivity index (χ0v) is 13.7. The van der Waals surface area contributed by atoms with Crippen molar-refractivity contribution in [1.82, 2.24) is 14.7 Å². The minimum atomic E-state index is 0. The number of aromatic nitrogens is 2. The largest absolute Gasteiger partial charge is 0.399 e. The Kier molecular flexibility index (Phi) is 7.84. The molecule has 1 aromatic carbocycles. The van der Waals surface area contributed by atoms with Crippen LogP contribution in [0.5, 0.6) is 0 Å². The number of nitrogens with two attached hydrogens (primary N) is 1. The number of hydrogen-bond acceptors (Lipinski definition) is 3. The minimum absolute atomic E-state index is 0. The number of likely N-dealkylation sites (N-methyl/N-ethyl adjacent to an activating group) is 1. The molecule has 0 aliphatic carbocycles. The summed E-state index contributed by atoms with van der Waals surface area (Å²) in [4.78, 5) is 13.8. The van der Waals surface area contributed by atoms with Crippen molar-refractivity contribution in [2.24, 2.45) is 7.05 Å². The molecule has 21 heavy (non-hydrogen) atoms. The Balaban J connectivity index is 0.00000200. The monoisotopic (exact) mass is 330 g/mol. The van der Waals surface area contributed by atoms with Gasteiger partial charge in [-0.15, -0.1) is 24.8 Å². The summed E-state index contributed by atoms with van der Waals surface area (Å²) in [5.41, 5.74) is 8.32. The average Bonchev–Trinajstić information content (AvgIpc) is 2.77. The normalized spacial score (nSPS) is 9.43. The summed E-state index contributed by atoms with van der Waals surface area (Å²) in [7, 11) is 3.66. The third-order valence-corrected chi connectivity index (χ3v) is 2.94. The Bertz CT molecular complexity index is 569. The lowest BCUT2D eigenvalue weighted by atomic mass is 10.1.